The van der Waals surface area contributed by atoms with Crippen molar-refractivity contribution < 1.29 is 14.3 Å². The van der Waals surface area contributed by atoms with Crippen LogP contribution in [0.25, 0.3) is 0 Å². The van der Waals surface area contributed by atoms with Gasteiger partial charge in [-0.05, 0) is 29.8 Å². The van der Waals surface area contributed by atoms with Crippen LogP contribution in [0.3, 0.4) is 0 Å². The molecule has 0 spiro atoms. The summed E-state index contributed by atoms with van der Waals surface area (Å²) in [6, 6.07) is 9.22. The zero-order valence-corrected chi connectivity index (χ0v) is 12.9. The summed E-state index contributed by atoms with van der Waals surface area (Å²) in [6.07, 6.45) is 0.779. The van der Waals surface area contributed by atoms with Crippen molar-refractivity contribution in [3.8, 4) is 11.5 Å². The summed E-state index contributed by atoms with van der Waals surface area (Å²) in [6.45, 7) is 0. The number of ether oxygens (including phenoxy) is 2. The Kier molecular flexibility index (Phi) is 5.04. The number of halogens is 1. The van der Waals surface area contributed by atoms with E-state index in [9.17, 15) is 4.79 Å². The molecule has 0 saturated heterocycles. The first-order valence-corrected chi connectivity index (χ1v) is 7.28. The van der Waals surface area contributed by atoms with Gasteiger partial charge >= 0.3 is 0 Å². The fraction of sp³-hybridized carbons (Fsp3) is 0.267. The van der Waals surface area contributed by atoms with Gasteiger partial charge in [0.05, 0.1) is 18.6 Å². The fourth-order valence-electron chi connectivity index (χ4n) is 1.92. The van der Waals surface area contributed by atoms with Crippen LogP contribution in [-0.2, 0) is 17.6 Å². The minimum atomic E-state index is 0.149. The summed E-state index contributed by atoms with van der Waals surface area (Å²) in [5.41, 5.74) is 0.912. The van der Waals surface area contributed by atoms with E-state index in [0.29, 0.717) is 28.7 Å². The lowest BCUT2D eigenvalue weighted by molar-refractivity contribution is -0.117. The van der Waals surface area contributed by atoms with Crippen LogP contribution in [0.5, 0.6) is 11.5 Å². The highest BCUT2D eigenvalue weighted by Gasteiger charge is 2.10. The van der Waals surface area contributed by atoms with E-state index >= 15 is 0 Å². The van der Waals surface area contributed by atoms with E-state index in [1.54, 1.807) is 14.2 Å². The highest BCUT2D eigenvalue weighted by molar-refractivity contribution is 7.16. The van der Waals surface area contributed by atoms with E-state index in [-0.39, 0.29) is 5.78 Å². The van der Waals surface area contributed by atoms with Crippen molar-refractivity contribution in [2.24, 2.45) is 0 Å². The Labute approximate surface area is 127 Å². The summed E-state index contributed by atoms with van der Waals surface area (Å²) >= 11 is 7.29. The summed E-state index contributed by atoms with van der Waals surface area (Å²) in [4.78, 5) is 13.0. The van der Waals surface area contributed by atoms with Gasteiger partial charge in [0.1, 0.15) is 5.78 Å². The molecule has 0 aliphatic rings. The van der Waals surface area contributed by atoms with Gasteiger partial charge in [0.2, 0.25) is 0 Å². The van der Waals surface area contributed by atoms with Gasteiger partial charge in [-0.2, -0.15) is 0 Å². The standard InChI is InChI=1S/C15H15ClO3S/c1-18-13-5-3-10(8-14(13)19-2)7-11(17)9-12-4-6-15(16)20-12/h3-6,8H,7,9H2,1-2H3. The van der Waals surface area contributed by atoms with Crippen molar-refractivity contribution >= 4 is 28.7 Å². The average molecular weight is 311 g/mol. The van der Waals surface area contributed by atoms with Gasteiger partial charge in [0.25, 0.3) is 0 Å². The van der Waals surface area contributed by atoms with Gasteiger partial charge in [-0.15, -0.1) is 11.3 Å². The normalized spacial score (nSPS) is 10.3. The maximum atomic E-state index is 12.0. The number of carbonyl (C=O) groups is 1. The van der Waals surface area contributed by atoms with Gasteiger partial charge < -0.3 is 9.47 Å². The molecule has 0 radical (unpaired) electrons. The molecule has 1 heterocycles. The van der Waals surface area contributed by atoms with E-state index in [0.717, 1.165) is 10.4 Å². The number of thiophene rings is 1. The lowest BCUT2D eigenvalue weighted by Gasteiger charge is -2.09. The zero-order valence-electron chi connectivity index (χ0n) is 11.3. The van der Waals surface area contributed by atoms with Crippen LogP contribution in [0.4, 0.5) is 0 Å². The van der Waals surface area contributed by atoms with E-state index < -0.39 is 0 Å². The van der Waals surface area contributed by atoms with Gasteiger partial charge in [-0.3, -0.25) is 4.79 Å². The Bertz CT molecular complexity index is 607. The molecule has 1 aromatic carbocycles. The summed E-state index contributed by atoms with van der Waals surface area (Å²) < 4.78 is 11.1. The van der Waals surface area contributed by atoms with E-state index in [1.165, 1.54) is 11.3 Å². The third-order valence-corrected chi connectivity index (χ3v) is 4.08. The maximum Gasteiger partial charge on any atom is 0.161 e. The van der Waals surface area contributed by atoms with Crippen LogP contribution < -0.4 is 9.47 Å². The Morgan fingerprint density at radius 3 is 2.45 bits per heavy atom. The minimum Gasteiger partial charge on any atom is -0.493 e. The Morgan fingerprint density at radius 1 is 1.10 bits per heavy atom. The Hall–Kier alpha value is -1.52. The molecular weight excluding hydrogens is 296 g/mol. The number of hydrogen-bond acceptors (Lipinski definition) is 4. The second kappa shape index (κ2) is 6.77. The van der Waals surface area contributed by atoms with Crippen molar-refractivity contribution in [1.29, 1.82) is 0 Å². The molecule has 2 aromatic rings. The van der Waals surface area contributed by atoms with Crippen molar-refractivity contribution in [2.45, 2.75) is 12.8 Å². The lowest BCUT2D eigenvalue weighted by atomic mass is 10.1. The first kappa shape index (κ1) is 14.9. The molecule has 0 aliphatic carbocycles. The first-order valence-electron chi connectivity index (χ1n) is 6.09. The molecule has 106 valence electrons. The molecular formula is C15H15ClO3S. The predicted octanol–water partition coefficient (Wildman–Crippen LogP) is 3.77. The average Bonchev–Trinajstić information content (AvgIpc) is 2.83. The van der Waals surface area contributed by atoms with Crippen molar-refractivity contribution in [1.82, 2.24) is 0 Å². The monoisotopic (exact) mass is 310 g/mol. The summed E-state index contributed by atoms with van der Waals surface area (Å²) in [7, 11) is 3.17. The molecule has 3 nitrogen and oxygen atoms in total. The van der Waals surface area contributed by atoms with Gasteiger partial charge in [-0.25, -0.2) is 0 Å². The number of rotatable bonds is 6. The number of ketones is 1. The number of benzene rings is 1. The second-order valence-corrected chi connectivity index (χ2v) is 6.09. The Balaban J connectivity index is 2.04. The van der Waals surface area contributed by atoms with Crippen molar-refractivity contribution in [2.75, 3.05) is 14.2 Å². The molecule has 20 heavy (non-hydrogen) atoms. The molecule has 0 unspecified atom stereocenters. The topological polar surface area (TPSA) is 35.5 Å². The largest absolute Gasteiger partial charge is 0.493 e. The van der Waals surface area contributed by atoms with Gasteiger partial charge in [0.15, 0.2) is 11.5 Å². The highest BCUT2D eigenvalue weighted by atomic mass is 35.5. The van der Waals surface area contributed by atoms with Crippen LogP contribution in [-0.4, -0.2) is 20.0 Å². The Morgan fingerprint density at radius 2 is 1.85 bits per heavy atom. The van der Waals surface area contributed by atoms with E-state index in [4.69, 9.17) is 21.1 Å². The predicted molar refractivity (Wildman–Crippen MR) is 81.3 cm³/mol. The van der Waals surface area contributed by atoms with Crippen LogP contribution in [0.2, 0.25) is 4.34 Å². The van der Waals surface area contributed by atoms with E-state index in [1.807, 2.05) is 30.3 Å². The number of Topliss-reactive ketones (excluding diaryl/α,β-unsaturated/α-hetero) is 1. The zero-order chi connectivity index (χ0) is 14.5. The number of methoxy groups -OCH3 is 2. The molecule has 0 bridgehead atoms. The van der Waals surface area contributed by atoms with E-state index in [2.05, 4.69) is 0 Å². The van der Waals surface area contributed by atoms with Crippen molar-refractivity contribution in [3.05, 3.63) is 45.1 Å². The molecule has 5 heteroatoms. The van der Waals surface area contributed by atoms with Crippen LogP contribution in [0, 0.1) is 0 Å². The minimum absolute atomic E-state index is 0.149. The number of hydrogen-bond donors (Lipinski definition) is 0. The van der Waals surface area contributed by atoms with Crippen molar-refractivity contribution in [3.63, 3.8) is 0 Å². The summed E-state index contributed by atoms with van der Waals surface area (Å²) in [5.74, 6) is 1.45. The quantitative estimate of drug-likeness (QED) is 0.814. The van der Waals surface area contributed by atoms with Crippen LogP contribution in [0.15, 0.2) is 30.3 Å². The fourth-order valence-corrected chi connectivity index (χ4v) is 3.04. The van der Waals surface area contributed by atoms with Gasteiger partial charge in [-0.1, -0.05) is 17.7 Å². The third kappa shape index (κ3) is 3.74. The maximum absolute atomic E-state index is 12.0. The third-order valence-electron chi connectivity index (χ3n) is 2.85. The second-order valence-electron chi connectivity index (χ2n) is 4.29. The van der Waals surface area contributed by atoms with Gasteiger partial charge in [0, 0.05) is 17.7 Å². The smallest absolute Gasteiger partial charge is 0.161 e. The summed E-state index contributed by atoms with van der Waals surface area (Å²) in [5, 5.41) is 0. The van der Waals surface area contributed by atoms with Crippen LogP contribution >= 0.6 is 22.9 Å². The number of carbonyl (C=O) groups excluding carboxylic acids is 1. The highest BCUT2D eigenvalue weighted by Crippen LogP contribution is 2.28. The first-order chi connectivity index (χ1) is 9.62. The molecule has 0 aliphatic heterocycles. The lowest BCUT2D eigenvalue weighted by Crippen LogP contribution is -2.05. The molecule has 2 rings (SSSR count). The molecule has 0 amide bonds. The SMILES string of the molecule is COc1ccc(CC(=O)Cc2ccc(Cl)s2)cc1OC. The molecule has 1 aromatic heterocycles. The van der Waals surface area contributed by atoms with Crippen LogP contribution in [0.1, 0.15) is 10.4 Å². The molecule has 0 atom stereocenters. The molecule has 0 N–H and O–H groups in total. The molecule has 0 saturated carbocycles. The molecule has 0 fully saturated rings.